The molecule has 2 aromatic carbocycles. The van der Waals surface area contributed by atoms with E-state index in [2.05, 4.69) is 15.5 Å². The number of nitrogens with zero attached hydrogens (tertiary/aromatic N) is 4. The minimum Gasteiger partial charge on any atom is -0.381 e. The molecular formula is C41H42N6O4S. The summed E-state index contributed by atoms with van der Waals surface area (Å²) in [5.74, 6) is 0.777. The fourth-order valence-corrected chi connectivity index (χ4v) is 8.85. The average Bonchev–Trinajstić information content (AvgIpc) is 3.88. The van der Waals surface area contributed by atoms with Gasteiger partial charge in [-0.3, -0.25) is 19.3 Å². The zero-order valence-electron chi connectivity index (χ0n) is 29.3. The van der Waals surface area contributed by atoms with Gasteiger partial charge in [-0.15, -0.1) is 11.3 Å². The Bertz CT molecular complexity index is 2070. The Kier molecular flexibility index (Phi) is 8.42. The number of fused-ring (bicyclic) bond motifs is 1. The standard InChI is InChI=1S/C41H42N6O4S/c1-25-36(34-15-16-35(52-34)39(49)44-29-5-4-6-29)45-32-7-2-3-8-33(32)47(25)40(50)27-11-13-30(14-12-27)43-38(48)31-21-28(26-9-10-26)22-42-37(31)46-23-41(24-46)17-19-51-20-18-41/h2-3,7-8,11-16,21-22,25-26,29H,4-6,9-10,17-20,23-24H2,1H3,(H,43,48)(H,44,49)/t25-/m1/s1. The second kappa shape index (κ2) is 13.3. The summed E-state index contributed by atoms with van der Waals surface area (Å²) in [6.07, 6.45) is 9.49. The zero-order valence-corrected chi connectivity index (χ0v) is 30.1. The van der Waals surface area contributed by atoms with Crippen LogP contribution < -0.4 is 20.4 Å². The highest BCUT2D eigenvalue weighted by Crippen LogP contribution is 2.45. The van der Waals surface area contributed by atoms with Crippen LogP contribution >= 0.6 is 11.3 Å². The molecule has 5 heterocycles. The highest BCUT2D eigenvalue weighted by atomic mass is 32.1. The van der Waals surface area contributed by atoms with Crippen LogP contribution in [0.1, 0.15) is 98.6 Å². The molecule has 52 heavy (non-hydrogen) atoms. The Morgan fingerprint density at radius 2 is 1.69 bits per heavy atom. The Morgan fingerprint density at radius 1 is 0.923 bits per heavy atom. The normalized spacial score (nSPS) is 20.7. The summed E-state index contributed by atoms with van der Waals surface area (Å²) >= 11 is 1.40. The van der Waals surface area contributed by atoms with Crippen molar-refractivity contribution in [2.45, 2.75) is 69.9 Å². The highest BCUT2D eigenvalue weighted by molar-refractivity contribution is 7.16. The summed E-state index contributed by atoms with van der Waals surface area (Å²) in [6, 6.07) is 20.4. The third-order valence-electron chi connectivity index (χ3n) is 11.4. The summed E-state index contributed by atoms with van der Waals surface area (Å²) < 4.78 is 5.60. The van der Waals surface area contributed by atoms with Crippen LogP contribution in [0.4, 0.5) is 22.9 Å². The second-order valence-electron chi connectivity index (χ2n) is 15.0. The first-order valence-electron chi connectivity index (χ1n) is 18.5. The summed E-state index contributed by atoms with van der Waals surface area (Å²) in [5, 5.41) is 6.20. The molecule has 2 saturated heterocycles. The van der Waals surface area contributed by atoms with E-state index < -0.39 is 0 Å². The molecule has 266 valence electrons. The van der Waals surface area contributed by atoms with Gasteiger partial charge in [0.1, 0.15) is 5.82 Å². The van der Waals surface area contributed by atoms with Gasteiger partial charge in [-0.05, 0) is 118 Å². The number of thiophene rings is 1. The van der Waals surface area contributed by atoms with Gasteiger partial charge < -0.3 is 20.3 Å². The Morgan fingerprint density at radius 3 is 2.42 bits per heavy atom. The number of hydrogen-bond donors (Lipinski definition) is 2. The van der Waals surface area contributed by atoms with Crippen LogP contribution in [-0.2, 0) is 4.74 Å². The van der Waals surface area contributed by atoms with Gasteiger partial charge in [-0.25, -0.2) is 9.98 Å². The van der Waals surface area contributed by atoms with E-state index in [0.717, 1.165) is 98.9 Å². The molecule has 4 fully saturated rings. The molecule has 3 aliphatic heterocycles. The minimum atomic E-state index is -0.380. The maximum atomic E-state index is 14.3. The van der Waals surface area contributed by atoms with Gasteiger partial charge in [-0.1, -0.05) is 12.1 Å². The van der Waals surface area contributed by atoms with Crippen molar-refractivity contribution in [2.24, 2.45) is 10.4 Å². The highest BCUT2D eigenvalue weighted by Gasteiger charge is 2.45. The molecule has 2 aromatic heterocycles. The van der Waals surface area contributed by atoms with Crippen LogP contribution in [0.2, 0.25) is 0 Å². The predicted molar refractivity (Wildman–Crippen MR) is 204 cm³/mol. The number of ether oxygens (including phenoxy) is 1. The molecule has 5 aliphatic rings. The third kappa shape index (κ3) is 6.19. The van der Waals surface area contributed by atoms with Crippen molar-refractivity contribution >= 4 is 57.7 Å². The molecule has 11 heteroatoms. The number of pyridine rings is 1. The van der Waals surface area contributed by atoms with Crippen LogP contribution in [0.15, 0.2) is 77.9 Å². The molecule has 0 radical (unpaired) electrons. The molecule has 9 rings (SSSR count). The van der Waals surface area contributed by atoms with Crippen molar-refractivity contribution in [3.8, 4) is 0 Å². The predicted octanol–water partition coefficient (Wildman–Crippen LogP) is 7.34. The topological polar surface area (TPSA) is 116 Å². The number of carbonyl (C=O) groups is 3. The summed E-state index contributed by atoms with van der Waals surface area (Å²) in [4.78, 5) is 56.3. The monoisotopic (exact) mass is 714 g/mol. The van der Waals surface area contributed by atoms with Crippen LogP contribution in [0.3, 0.4) is 0 Å². The van der Waals surface area contributed by atoms with Crippen LogP contribution in [0.25, 0.3) is 0 Å². The number of para-hydroxylation sites is 2. The van der Waals surface area contributed by atoms with E-state index >= 15 is 0 Å². The SMILES string of the molecule is C[C@@H]1C(c2ccc(C(=O)NC3CCC3)s2)=Nc2ccccc2N1C(=O)c1ccc(NC(=O)c2cc(C3CC3)cnc2N2CC3(CCOCC3)C2)cc1. The van der Waals surface area contributed by atoms with Crippen LogP contribution in [0.5, 0.6) is 0 Å². The van der Waals surface area contributed by atoms with E-state index in [1.165, 1.54) is 11.3 Å². The van der Waals surface area contributed by atoms with E-state index in [4.69, 9.17) is 14.7 Å². The lowest BCUT2D eigenvalue weighted by atomic mass is 9.73. The average molecular weight is 715 g/mol. The number of aromatic nitrogens is 1. The molecule has 10 nitrogen and oxygen atoms in total. The summed E-state index contributed by atoms with van der Waals surface area (Å²) in [5.41, 5.74) is 5.23. The fraction of sp³-hybridized carbons (Fsp3) is 0.390. The first-order valence-corrected chi connectivity index (χ1v) is 19.3. The number of benzene rings is 2. The molecule has 0 bridgehead atoms. The third-order valence-corrected chi connectivity index (χ3v) is 12.5. The van der Waals surface area contributed by atoms with Gasteiger partial charge in [-0.2, -0.15) is 0 Å². The van der Waals surface area contributed by atoms with Crippen molar-refractivity contribution in [3.63, 3.8) is 0 Å². The van der Waals surface area contributed by atoms with E-state index in [9.17, 15) is 14.4 Å². The van der Waals surface area contributed by atoms with Crippen molar-refractivity contribution in [2.75, 3.05) is 41.4 Å². The summed E-state index contributed by atoms with van der Waals surface area (Å²) in [6.45, 7) is 5.33. The summed E-state index contributed by atoms with van der Waals surface area (Å²) in [7, 11) is 0. The number of amides is 3. The van der Waals surface area contributed by atoms with Gasteiger partial charge >= 0.3 is 0 Å². The van der Waals surface area contributed by atoms with E-state index in [1.807, 2.05) is 55.6 Å². The molecule has 1 spiro atoms. The van der Waals surface area contributed by atoms with Crippen LogP contribution in [-0.4, -0.2) is 66.8 Å². The Balaban J connectivity index is 0.926. The number of aliphatic imine (C=N–C) groups is 1. The van der Waals surface area contributed by atoms with Crippen LogP contribution in [0, 0.1) is 5.41 Å². The molecule has 2 saturated carbocycles. The van der Waals surface area contributed by atoms with Gasteiger partial charge in [0.25, 0.3) is 17.7 Å². The number of nitrogens with one attached hydrogen (secondary N) is 2. The minimum absolute atomic E-state index is 0.0578. The first-order chi connectivity index (χ1) is 25.3. The van der Waals surface area contributed by atoms with Crippen molar-refractivity contribution < 1.29 is 19.1 Å². The molecule has 2 N–H and O–H groups in total. The molecule has 1 atom stereocenters. The van der Waals surface area contributed by atoms with Gasteiger partial charge in [0, 0.05) is 55.2 Å². The lowest BCUT2D eigenvalue weighted by Gasteiger charge is -2.53. The smallest absolute Gasteiger partial charge is 0.261 e. The maximum Gasteiger partial charge on any atom is 0.261 e. The van der Waals surface area contributed by atoms with Crippen molar-refractivity contribution in [1.29, 1.82) is 0 Å². The molecule has 2 aliphatic carbocycles. The maximum absolute atomic E-state index is 14.3. The number of hydrogen-bond acceptors (Lipinski definition) is 8. The van der Waals surface area contributed by atoms with Gasteiger partial charge in [0.2, 0.25) is 0 Å². The van der Waals surface area contributed by atoms with Crippen molar-refractivity contribution in [3.05, 3.63) is 99.4 Å². The lowest BCUT2D eigenvalue weighted by molar-refractivity contribution is -0.000512. The number of anilines is 3. The van der Waals surface area contributed by atoms with E-state index in [-0.39, 0.29) is 35.2 Å². The molecule has 0 unspecified atom stereocenters. The van der Waals surface area contributed by atoms with E-state index in [0.29, 0.717) is 33.3 Å². The molecular weight excluding hydrogens is 673 g/mol. The van der Waals surface area contributed by atoms with Crippen molar-refractivity contribution in [1.82, 2.24) is 10.3 Å². The van der Waals surface area contributed by atoms with Gasteiger partial charge in [0.05, 0.1) is 38.4 Å². The molecule has 4 aromatic rings. The second-order valence-corrected chi connectivity index (χ2v) is 16.1. The van der Waals surface area contributed by atoms with E-state index in [1.54, 1.807) is 29.2 Å². The number of rotatable bonds is 8. The largest absolute Gasteiger partial charge is 0.381 e. The Labute approximate surface area is 307 Å². The first kappa shape index (κ1) is 33.0. The lowest BCUT2D eigenvalue weighted by Crippen LogP contribution is -2.59. The quantitative estimate of drug-likeness (QED) is 0.197. The number of carbonyl (C=O) groups excluding carboxylic acids is 3. The van der Waals surface area contributed by atoms with Gasteiger partial charge in [0.15, 0.2) is 0 Å². The fourth-order valence-electron chi connectivity index (χ4n) is 7.87. The zero-order chi connectivity index (χ0) is 35.4. The Hall–Kier alpha value is -4.87. The molecule has 3 amide bonds.